The van der Waals surface area contributed by atoms with Crippen molar-refractivity contribution in [2.24, 2.45) is 0 Å². The fourth-order valence-electron chi connectivity index (χ4n) is 2.82. The highest BCUT2D eigenvalue weighted by Gasteiger charge is 2.09. The fraction of sp³-hybridized carbons (Fsp3) is 0.125. The minimum absolute atomic E-state index is 0.153. The van der Waals surface area contributed by atoms with E-state index in [1.54, 1.807) is 61.7 Å². The first kappa shape index (κ1) is 22.9. The minimum atomic E-state index is -0.244. The second-order valence-corrected chi connectivity index (χ2v) is 7.86. The van der Waals surface area contributed by atoms with E-state index in [1.807, 2.05) is 18.2 Å². The first-order valence-electron chi connectivity index (χ1n) is 9.79. The molecule has 164 valence electrons. The Hall–Kier alpha value is -3.78. The summed E-state index contributed by atoms with van der Waals surface area (Å²) < 4.78 is 5.15. The van der Waals surface area contributed by atoms with Crippen LogP contribution in [0.25, 0.3) is 0 Å². The van der Waals surface area contributed by atoms with E-state index in [2.05, 4.69) is 16.0 Å². The molecule has 3 rings (SSSR count). The van der Waals surface area contributed by atoms with Crippen molar-refractivity contribution in [2.45, 2.75) is 11.8 Å². The predicted octanol–water partition coefficient (Wildman–Crippen LogP) is 4.64. The number of thioether (sulfide) groups is 1. The third kappa shape index (κ3) is 6.88. The Bertz CT molecular complexity index is 1120. The van der Waals surface area contributed by atoms with Crippen molar-refractivity contribution in [3.05, 3.63) is 78.4 Å². The molecule has 3 aromatic carbocycles. The zero-order chi connectivity index (χ0) is 22.9. The number of hydrogen-bond donors (Lipinski definition) is 3. The average Bonchev–Trinajstić information content (AvgIpc) is 2.79. The number of anilines is 3. The number of rotatable bonds is 8. The van der Waals surface area contributed by atoms with E-state index in [9.17, 15) is 14.4 Å². The molecule has 0 aliphatic heterocycles. The molecule has 0 aliphatic rings. The summed E-state index contributed by atoms with van der Waals surface area (Å²) >= 11 is 1.36. The Morgan fingerprint density at radius 3 is 2.19 bits per heavy atom. The third-order valence-corrected chi connectivity index (χ3v) is 5.28. The van der Waals surface area contributed by atoms with E-state index >= 15 is 0 Å². The highest BCUT2D eigenvalue weighted by atomic mass is 32.2. The van der Waals surface area contributed by atoms with E-state index in [1.165, 1.54) is 18.7 Å². The molecule has 8 heteroatoms. The number of amides is 3. The van der Waals surface area contributed by atoms with E-state index in [-0.39, 0.29) is 23.5 Å². The molecule has 0 bridgehead atoms. The van der Waals surface area contributed by atoms with Crippen LogP contribution in [0.1, 0.15) is 17.3 Å². The second kappa shape index (κ2) is 11.0. The molecule has 0 unspecified atom stereocenters. The molecule has 0 fully saturated rings. The molecule has 0 aliphatic carbocycles. The average molecular weight is 450 g/mol. The molecule has 0 spiro atoms. The van der Waals surface area contributed by atoms with Gasteiger partial charge in [-0.1, -0.05) is 12.1 Å². The van der Waals surface area contributed by atoms with Crippen LogP contribution in [-0.4, -0.2) is 30.6 Å². The molecular weight excluding hydrogens is 426 g/mol. The van der Waals surface area contributed by atoms with Crippen molar-refractivity contribution in [3.8, 4) is 5.75 Å². The van der Waals surface area contributed by atoms with E-state index in [0.29, 0.717) is 28.4 Å². The lowest BCUT2D eigenvalue weighted by Gasteiger charge is -2.09. The van der Waals surface area contributed by atoms with Gasteiger partial charge < -0.3 is 20.7 Å². The zero-order valence-corrected chi connectivity index (χ0v) is 18.5. The molecule has 3 aromatic rings. The summed E-state index contributed by atoms with van der Waals surface area (Å²) in [6, 6.07) is 21.1. The van der Waals surface area contributed by atoms with E-state index in [4.69, 9.17) is 4.74 Å². The molecule has 0 saturated heterocycles. The first-order valence-corrected chi connectivity index (χ1v) is 10.8. The van der Waals surface area contributed by atoms with E-state index < -0.39 is 0 Å². The largest absolute Gasteiger partial charge is 0.497 e. The first-order chi connectivity index (χ1) is 15.4. The van der Waals surface area contributed by atoms with Gasteiger partial charge in [-0.25, -0.2) is 0 Å². The fourth-order valence-corrected chi connectivity index (χ4v) is 3.57. The van der Waals surface area contributed by atoms with Crippen molar-refractivity contribution >= 4 is 46.5 Å². The van der Waals surface area contributed by atoms with Gasteiger partial charge in [0, 0.05) is 34.4 Å². The number of benzene rings is 3. The number of carbonyl (C=O) groups is 3. The summed E-state index contributed by atoms with van der Waals surface area (Å²) in [5, 5.41) is 8.35. The van der Waals surface area contributed by atoms with Crippen LogP contribution in [0.3, 0.4) is 0 Å². The van der Waals surface area contributed by atoms with Crippen LogP contribution in [0.5, 0.6) is 5.75 Å². The van der Waals surface area contributed by atoms with Crippen LogP contribution in [0, 0.1) is 0 Å². The van der Waals surface area contributed by atoms with Gasteiger partial charge in [-0.05, 0) is 60.7 Å². The van der Waals surface area contributed by atoms with Crippen LogP contribution in [-0.2, 0) is 9.59 Å². The maximum Gasteiger partial charge on any atom is 0.255 e. The predicted molar refractivity (Wildman–Crippen MR) is 127 cm³/mol. The Labute approximate surface area is 190 Å². The summed E-state index contributed by atoms with van der Waals surface area (Å²) in [5.41, 5.74) is 2.43. The zero-order valence-electron chi connectivity index (χ0n) is 17.7. The standard InChI is InChI=1S/C24H23N3O4S/c1-16(28)25-18-9-11-19(12-10-18)26-23(29)15-32-22-8-4-6-20(14-22)27-24(30)17-5-3-7-21(13-17)31-2/h3-14H,15H2,1-2H3,(H,25,28)(H,26,29)(H,27,30). The normalized spacial score (nSPS) is 10.2. The highest BCUT2D eigenvalue weighted by Crippen LogP contribution is 2.23. The maximum absolute atomic E-state index is 12.5. The van der Waals surface area contributed by atoms with Gasteiger partial charge in [0.15, 0.2) is 0 Å². The smallest absolute Gasteiger partial charge is 0.255 e. The topological polar surface area (TPSA) is 96.5 Å². The van der Waals surface area contributed by atoms with Gasteiger partial charge >= 0.3 is 0 Å². The molecular formula is C24H23N3O4S. The van der Waals surface area contributed by atoms with Gasteiger partial charge in [0.1, 0.15) is 5.75 Å². The van der Waals surface area contributed by atoms with Crippen molar-refractivity contribution in [1.82, 2.24) is 0 Å². The Morgan fingerprint density at radius 2 is 1.50 bits per heavy atom. The van der Waals surface area contributed by atoms with Gasteiger partial charge in [-0.3, -0.25) is 14.4 Å². The maximum atomic E-state index is 12.5. The number of nitrogens with one attached hydrogen (secondary N) is 3. The summed E-state index contributed by atoms with van der Waals surface area (Å²) in [7, 11) is 1.55. The lowest BCUT2D eigenvalue weighted by Crippen LogP contribution is -2.14. The van der Waals surface area contributed by atoms with Crippen LogP contribution in [0.15, 0.2) is 77.7 Å². The second-order valence-electron chi connectivity index (χ2n) is 6.81. The Balaban J connectivity index is 1.53. The molecule has 7 nitrogen and oxygen atoms in total. The lowest BCUT2D eigenvalue weighted by molar-refractivity contribution is -0.114. The van der Waals surface area contributed by atoms with Crippen LogP contribution < -0.4 is 20.7 Å². The van der Waals surface area contributed by atoms with E-state index in [0.717, 1.165) is 4.90 Å². The molecule has 0 heterocycles. The lowest BCUT2D eigenvalue weighted by atomic mass is 10.2. The molecule has 0 atom stereocenters. The SMILES string of the molecule is COc1cccc(C(=O)Nc2cccc(SCC(=O)Nc3ccc(NC(C)=O)cc3)c2)c1. The van der Waals surface area contributed by atoms with Crippen molar-refractivity contribution in [3.63, 3.8) is 0 Å². The summed E-state index contributed by atoms with van der Waals surface area (Å²) in [6.07, 6.45) is 0. The van der Waals surface area contributed by atoms with Gasteiger partial charge in [0.05, 0.1) is 12.9 Å². The molecule has 0 radical (unpaired) electrons. The van der Waals surface area contributed by atoms with Gasteiger partial charge in [-0.2, -0.15) is 0 Å². The third-order valence-electron chi connectivity index (χ3n) is 4.28. The molecule has 0 saturated carbocycles. The summed E-state index contributed by atoms with van der Waals surface area (Å²) in [6.45, 7) is 1.44. The Kier molecular flexibility index (Phi) is 7.88. The van der Waals surface area contributed by atoms with Gasteiger partial charge in [-0.15, -0.1) is 11.8 Å². The number of ether oxygens (including phenoxy) is 1. The highest BCUT2D eigenvalue weighted by molar-refractivity contribution is 8.00. The van der Waals surface area contributed by atoms with Crippen molar-refractivity contribution in [1.29, 1.82) is 0 Å². The van der Waals surface area contributed by atoms with Gasteiger partial charge in [0.25, 0.3) is 5.91 Å². The van der Waals surface area contributed by atoms with Crippen LogP contribution in [0.4, 0.5) is 17.1 Å². The number of methoxy groups -OCH3 is 1. The molecule has 3 N–H and O–H groups in total. The van der Waals surface area contributed by atoms with Crippen LogP contribution in [0.2, 0.25) is 0 Å². The number of carbonyl (C=O) groups excluding carboxylic acids is 3. The minimum Gasteiger partial charge on any atom is -0.497 e. The summed E-state index contributed by atoms with van der Waals surface area (Å²) in [4.78, 5) is 36.7. The molecule has 0 aromatic heterocycles. The van der Waals surface area contributed by atoms with Crippen LogP contribution >= 0.6 is 11.8 Å². The quantitative estimate of drug-likeness (QED) is 0.436. The van der Waals surface area contributed by atoms with Gasteiger partial charge in [0.2, 0.25) is 11.8 Å². The monoisotopic (exact) mass is 449 g/mol. The Morgan fingerprint density at radius 1 is 0.812 bits per heavy atom. The number of hydrogen-bond acceptors (Lipinski definition) is 5. The van der Waals surface area contributed by atoms with Crippen molar-refractivity contribution in [2.75, 3.05) is 28.8 Å². The van der Waals surface area contributed by atoms with Crippen molar-refractivity contribution < 1.29 is 19.1 Å². The molecule has 3 amide bonds. The summed E-state index contributed by atoms with van der Waals surface area (Å²) in [5.74, 6) is 0.262. The molecule has 32 heavy (non-hydrogen) atoms.